The second kappa shape index (κ2) is 11.4. The number of alkyl halides is 6. The molecule has 0 spiro atoms. The van der Waals surface area contributed by atoms with Crippen LogP contribution in [0.25, 0.3) is 0 Å². The minimum Gasteiger partial charge on any atom is -0.377 e. The van der Waals surface area contributed by atoms with Gasteiger partial charge in [0, 0.05) is 0 Å². The van der Waals surface area contributed by atoms with Gasteiger partial charge in [0.1, 0.15) is 0 Å². The fraction of sp³-hybridized carbons (Fsp3) is 0.923. The number of hydrogen-bond acceptors (Lipinski definition) is 3. The molecular formula is C13H26F6NO2V-. The van der Waals surface area contributed by atoms with Gasteiger partial charge in [0.25, 0.3) is 0 Å². The molecule has 0 bridgehead atoms. The van der Waals surface area contributed by atoms with Gasteiger partial charge < -0.3 is 17.6 Å². The van der Waals surface area contributed by atoms with Crippen molar-refractivity contribution in [2.24, 2.45) is 3.79 Å². The molecule has 0 aliphatic rings. The van der Waals surface area contributed by atoms with Crippen LogP contribution < -0.4 is 0 Å². The maximum absolute atomic E-state index is 11.0. The zero-order valence-electron chi connectivity index (χ0n) is 14.3. The summed E-state index contributed by atoms with van der Waals surface area (Å²) >= 11 is 2.26. The number of hydrogen-bond donors (Lipinski definition) is 2. The quantitative estimate of drug-likeness (QED) is 0.532. The van der Waals surface area contributed by atoms with E-state index in [1.54, 1.807) is 20.8 Å². The van der Waals surface area contributed by atoms with Crippen LogP contribution in [0.15, 0.2) is 3.79 Å². The maximum Gasteiger partial charge on any atom is 0.423 e. The molecule has 0 radical (unpaired) electrons. The third-order valence-electron chi connectivity index (χ3n) is 1.76. The minimum atomic E-state index is -5.63. The zero-order chi connectivity index (χ0) is 19.0. The fourth-order valence-corrected chi connectivity index (χ4v) is 0.477. The van der Waals surface area contributed by atoms with Crippen LogP contribution in [0.1, 0.15) is 48.0 Å². The predicted molar refractivity (Wildman–Crippen MR) is 73.3 cm³/mol. The molecule has 0 aliphatic carbocycles. The minimum absolute atomic E-state index is 0. The molecule has 0 aromatic rings. The van der Waals surface area contributed by atoms with E-state index < -0.39 is 24.1 Å². The molecule has 0 aromatic heterocycles. The largest absolute Gasteiger partial charge is 0.423 e. The first-order valence-corrected chi connectivity index (χ1v) is 6.80. The van der Waals surface area contributed by atoms with E-state index in [2.05, 4.69) is 41.8 Å². The van der Waals surface area contributed by atoms with Crippen LogP contribution in [-0.2, 0) is 17.2 Å². The van der Waals surface area contributed by atoms with Crippen molar-refractivity contribution < 1.29 is 53.8 Å². The Morgan fingerprint density at radius 1 is 0.913 bits per heavy atom. The van der Waals surface area contributed by atoms with E-state index >= 15 is 0 Å². The van der Waals surface area contributed by atoms with Crippen molar-refractivity contribution in [1.29, 1.82) is 0 Å². The number of aliphatic hydroxyl groups excluding tert-OH is 1. The van der Waals surface area contributed by atoms with Gasteiger partial charge >= 0.3 is 66.1 Å². The predicted octanol–water partition coefficient (Wildman–Crippen LogP) is 4.60. The van der Waals surface area contributed by atoms with Crippen LogP contribution in [0.3, 0.4) is 0 Å². The molecule has 0 fully saturated rings. The molecule has 2 N–H and O–H groups in total. The van der Waals surface area contributed by atoms with Gasteiger partial charge in [-0.25, -0.2) is 0 Å². The van der Waals surface area contributed by atoms with Crippen molar-refractivity contribution in [3.63, 3.8) is 0 Å². The first-order chi connectivity index (χ1) is 9.28. The third kappa shape index (κ3) is 27.1. The SMILES string of the molecule is CC(C)(C)O.CCC(C)(C)[N]=[V].OC(C(F)(F)F)C(F)(F)F.[CH3-]. The van der Waals surface area contributed by atoms with E-state index in [1.165, 1.54) is 0 Å². The van der Waals surface area contributed by atoms with Gasteiger partial charge in [-0.15, -0.1) is 0 Å². The summed E-state index contributed by atoms with van der Waals surface area (Å²) in [4.78, 5) is 0. The van der Waals surface area contributed by atoms with Gasteiger partial charge in [-0.2, -0.15) is 26.3 Å². The number of aliphatic hydroxyl groups is 2. The number of halogens is 6. The van der Waals surface area contributed by atoms with Crippen LogP contribution in [0.5, 0.6) is 0 Å². The van der Waals surface area contributed by atoms with E-state index in [0.717, 1.165) is 6.42 Å². The van der Waals surface area contributed by atoms with Gasteiger partial charge in [0.15, 0.2) is 0 Å². The molecule has 0 amide bonds. The molecule has 0 atom stereocenters. The average Bonchev–Trinajstić information content (AvgIpc) is 2.24. The van der Waals surface area contributed by atoms with E-state index in [0.29, 0.717) is 0 Å². The normalized spacial score (nSPS) is 12.3. The maximum atomic E-state index is 11.0. The summed E-state index contributed by atoms with van der Waals surface area (Å²) in [5.41, 5.74) is -0.319. The molecule has 23 heavy (non-hydrogen) atoms. The van der Waals surface area contributed by atoms with E-state index in [9.17, 15) is 26.3 Å². The molecule has 0 aromatic carbocycles. The molecule has 0 aliphatic heterocycles. The van der Waals surface area contributed by atoms with Gasteiger partial charge in [-0.05, 0) is 20.8 Å². The summed E-state index contributed by atoms with van der Waals surface area (Å²) in [6, 6.07) is 0. The van der Waals surface area contributed by atoms with E-state index in [-0.39, 0.29) is 13.0 Å². The smallest absolute Gasteiger partial charge is 0.377 e. The molecule has 0 rings (SSSR count). The van der Waals surface area contributed by atoms with Crippen LogP contribution in [0, 0.1) is 7.43 Å². The fourth-order valence-electron chi connectivity index (χ4n) is 0.256. The third-order valence-corrected chi connectivity index (χ3v) is 2.60. The Balaban J connectivity index is -0.000000123. The Morgan fingerprint density at radius 2 is 1.13 bits per heavy atom. The van der Waals surface area contributed by atoms with Crippen LogP contribution >= 0.6 is 0 Å². The van der Waals surface area contributed by atoms with Crippen LogP contribution in [0.2, 0.25) is 0 Å². The summed E-state index contributed by atoms with van der Waals surface area (Å²) in [6.45, 7) is 11.6. The molecule has 143 valence electrons. The number of nitrogens with zero attached hydrogens (tertiary/aromatic N) is 1. The van der Waals surface area contributed by atoms with Gasteiger partial charge in [0.2, 0.25) is 6.10 Å². The molecule has 0 heterocycles. The molecule has 3 nitrogen and oxygen atoms in total. The monoisotopic (exact) mass is 393 g/mol. The van der Waals surface area contributed by atoms with Gasteiger partial charge in [-0.1, -0.05) is 0 Å². The second-order valence-corrected chi connectivity index (χ2v) is 6.23. The zero-order valence-corrected chi connectivity index (χ0v) is 15.7. The van der Waals surface area contributed by atoms with Crippen molar-refractivity contribution in [2.45, 2.75) is 77.6 Å². The van der Waals surface area contributed by atoms with Crippen molar-refractivity contribution in [2.75, 3.05) is 0 Å². The average molecular weight is 393 g/mol. The summed E-state index contributed by atoms with van der Waals surface area (Å²) in [7, 11) is 0. The summed E-state index contributed by atoms with van der Waals surface area (Å²) in [5.74, 6) is 0. The van der Waals surface area contributed by atoms with Crippen LogP contribution in [-0.4, -0.2) is 39.8 Å². The Morgan fingerprint density at radius 3 is 1.13 bits per heavy atom. The molecule has 0 saturated heterocycles. The Kier molecular flexibility index (Phi) is 15.3. The molecule has 0 unspecified atom stereocenters. The molecular weight excluding hydrogens is 367 g/mol. The summed E-state index contributed by atoms with van der Waals surface area (Å²) < 4.78 is 69.9. The first kappa shape index (κ1) is 30.7. The van der Waals surface area contributed by atoms with Crippen molar-refractivity contribution in [1.82, 2.24) is 0 Å². The van der Waals surface area contributed by atoms with Crippen molar-refractivity contribution >= 4 is 0 Å². The van der Waals surface area contributed by atoms with E-state index in [1.807, 2.05) is 0 Å². The molecule has 10 heteroatoms. The standard InChI is InChI=1S/C5H11N.C4H10O.C3H2F6O.CH3.V/c1-4-5(2,3)6;1-4(2,3)5;4-2(5,6)1(10)3(7,8)9;;/h4H2,1-3H3;5H,1-3H3;1,10H;1H3;/q;;;-1;. The van der Waals surface area contributed by atoms with Gasteiger partial charge in [0.05, 0.1) is 5.60 Å². The number of rotatable bonds is 2. The molecule has 0 saturated carbocycles. The summed E-state index contributed by atoms with van der Waals surface area (Å²) in [5, 5.41) is 16.0. The Hall–Kier alpha value is -0.116. The Labute approximate surface area is 143 Å². The Bertz CT molecular complexity index is 291. The topological polar surface area (TPSA) is 52.8 Å². The van der Waals surface area contributed by atoms with Crippen LogP contribution in [0.4, 0.5) is 26.3 Å². The van der Waals surface area contributed by atoms with Crippen molar-refractivity contribution in [3.8, 4) is 0 Å². The first-order valence-electron chi connectivity index (χ1n) is 6.18. The van der Waals surface area contributed by atoms with Crippen molar-refractivity contribution in [3.05, 3.63) is 7.43 Å². The van der Waals surface area contributed by atoms with E-state index in [4.69, 9.17) is 10.2 Å². The summed E-state index contributed by atoms with van der Waals surface area (Å²) in [6.07, 6.45) is -14.4. The second-order valence-electron chi connectivity index (χ2n) is 5.92. The van der Waals surface area contributed by atoms with Gasteiger partial charge in [-0.3, -0.25) is 0 Å².